The fourth-order valence-electron chi connectivity index (χ4n) is 2.60. The minimum atomic E-state index is -3.45. The lowest BCUT2D eigenvalue weighted by Crippen LogP contribution is -2.34. The number of hydrogen-bond donors (Lipinski definition) is 1. The molecule has 27 heavy (non-hydrogen) atoms. The normalized spacial score (nSPS) is 13.0. The number of rotatable bonds is 8. The molecule has 1 aliphatic heterocycles. The molecule has 0 radical (unpaired) electrons. The zero-order valence-electron chi connectivity index (χ0n) is 14.9. The van der Waals surface area contributed by atoms with Crippen LogP contribution < -0.4 is 14.8 Å². The third kappa shape index (κ3) is 5.41. The number of pyridine rings is 1. The van der Waals surface area contributed by atoms with E-state index in [1.54, 1.807) is 30.5 Å². The highest BCUT2D eigenvalue weighted by molar-refractivity contribution is 7.88. The summed E-state index contributed by atoms with van der Waals surface area (Å²) in [5.41, 5.74) is 1.50. The Kier molecular flexibility index (Phi) is 5.92. The summed E-state index contributed by atoms with van der Waals surface area (Å²) < 4.78 is 35.8. The van der Waals surface area contributed by atoms with Crippen molar-refractivity contribution in [1.29, 1.82) is 0 Å². The van der Waals surface area contributed by atoms with Crippen molar-refractivity contribution in [3.8, 4) is 11.5 Å². The number of fused-ring (bicyclic) bond motifs is 1. The topological polar surface area (TPSA) is 97.8 Å². The van der Waals surface area contributed by atoms with Gasteiger partial charge < -0.3 is 14.8 Å². The lowest BCUT2D eigenvalue weighted by Gasteiger charge is -2.19. The number of carbonyl (C=O) groups excluding carboxylic acids is 1. The van der Waals surface area contributed by atoms with Gasteiger partial charge in [-0.1, -0.05) is 12.1 Å². The molecule has 0 fully saturated rings. The van der Waals surface area contributed by atoms with Crippen molar-refractivity contribution in [2.24, 2.45) is 0 Å². The Labute approximate surface area is 158 Å². The Morgan fingerprint density at radius 3 is 2.78 bits per heavy atom. The van der Waals surface area contributed by atoms with E-state index >= 15 is 0 Å². The summed E-state index contributed by atoms with van der Waals surface area (Å²) in [5, 5.41) is 2.79. The van der Waals surface area contributed by atoms with E-state index in [0.717, 1.165) is 11.8 Å². The van der Waals surface area contributed by atoms with E-state index in [1.165, 1.54) is 4.31 Å². The van der Waals surface area contributed by atoms with Gasteiger partial charge in [-0.3, -0.25) is 9.78 Å². The van der Waals surface area contributed by atoms with Gasteiger partial charge in [-0.25, -0.2) is 8.42 Å². The van der Waals surface area contributed by atoms with Crippen molar-refractivity contribution < 1.29 is 22.7 Å². The van der Waals surface area contributed by atoms with Crippen molar-refractivity contribution >= 4 is 15.9 Å². The third-order valence-electron chi connectivity index (χ3n) is 4.05. The summed E-state index contributed by atoms with van der Waals surface area (Å²) in [4.78, 5) is 16.3. The summed E-state index contributed by atoms with van der Waals surface area (Å²) in [6.45, 7) is 0.745. The number of hydrogen-bond acceptors (Lipinski definition) is 6. The second kappa shape index (κ2) is 8.36. The Morgan fingerprint density at radius 2 is 2.04 bits per heavy atom. The van der Waals surface area contributed by atoms with Gasteiger partial charge in [-0.2, -0.15) is 4.31 Å². The standard InChI is InChI=1S/C18H21N3O5S/c1-27(23,24)21(12-15-4-2-3-8-19-15)9-7-18(22)20-11-14-5-6-16-17(10-14)26-13-25-16/h2-6,8,10H,7,9,11-13H2,1H3,(H,20,22). The fraction of sp³-hybridized carbons (Fsp3) is 0.333. The Balaban J connectivity index is 1.51. The molecule has 2 aromatic rings. The van der Waals surface area contributed by atoms with Gasteiger partial charge in [0.1, 0.15) is 0 Å². The molecule has 3 rings (SSSR count). The molecule has 144 valence electrons. The molecule has 9 heteroatoms. The van der Waals surface area contributed by atoms with Crippen LogP contribution in [0.5, 0.6) is 11.5 Å². The van der Waals surface area contributed by atoms with Gasteiger partial charge in [0.25, 0.3) is 0 Å². The van der Waals surface area contributed by atoms with Crippen molar-refractivity contribution in [2.75, 3.05) is 19.6 Å². The van der Waals surface area contributed by atoms with E-state index in [1.807, 2.05) is 12.1 Å². The number of ether oxygens (including phenoxy) is 2. The number of benzene rings is 1. The maximum atomic E-state index is 12.1. The monoisotopic (exact) mass is 391 g/mol. The van der Waals surface area contributed by atoms with Crippen LogP contribution in [0, 0.1) is 0 Å². The van der Waals surface area contributed by atoms with E-state index < -0.39 is 10.0 Å². The van der Waals surface area contributed by atoms with Gasteiger partial charge in [0.2, 0.25) is 22.7 Å². The molecule has 1 N–H and O–H groups in total. The van der Waals surface area contributed by atoms with Gasteiger partial charge in [-0.15, -0.1) is 0 Å². The van der Waals surface area contributed by atoms with Crippen molar-refractivity contribution in [3.05, 3.63) is 53.9 Å². The van der Waals surface area contributed by atoms with Crippen molar-refractivity contribution in [3.63, 3.8) is 0 Å². The summed E-state index contributed by atoms with van der Waals surface area (Å²) in [6, 6.07) is 10.8. The number of nitrogens with one attached hydrogen (secondary N) is 1. The van der Waals surface area contributed by atoms with Gasteiger partial charge in [0.15, 0.2) is 11.5 Å². The Hall–Kier alpha value is -2.65. The predicted octanol–water partition coefficient (Wildman–Crippen LogP) is 1.28. The lowest BCUT2D eigenvalue weighted by molar-refractivity contribution is -0.121. The van der Waals surface area contributed by atoms with Crippen molar-refractivity contribution in [2.45, 2.75) is 19.5 Å². The Bertz CT molecular complexity index is 902. The van der Waals surface area contributed by atoms with Crippen LogP contribution in [0.1, 0.15) is 17.7 Å². The zero-order chi connectivity index (χ0) is 19.3. The molecule has 0 saturated heterocycles. The number of sulfonamides is 1. The van der Waals surface area contributed by atoms with Crippen molar-refractivity contribution in [1.82, 2.24) is 14.6 Å². The molecule has 2 heterocycles. The highest BCUT2D eigenvalue weighted by Gasteiger charge is 2.19. The molecule has 0 spiro atoms. The van der Waals surface area contributed by atoms with Crippen LogP contribution in [0.2, 0.25) is 0 Å². The number of aromatic nitrogens is 1. The summed E-state index contributed by atoms with van der Waals surface area (Å²) in [7, 11) is -3.45. The average Bonchev–Trinajstić information content (AvgIpc) is 3.11. The molecule has 1 aliphatic rings. The molecule has 0 aliphatic carbocycles. The average molecular weight is 391 g/mol. The highest BCUT2D eigenvalue weighted by atomic mass is 32.2. The zero-order valence-corrected chi connectivity index (χ0v) is 15.7. The van der Waals surface area contributed by atoms with E-state index in [4.69, 9.17) is 9.47 Å². The molecule has 8 nitrogen and oxygen atoms in total. The summed E-state index contributed by atoms with van der Waals surface area (Å²) in [5.74, 6) is 1.10. The molecule has 0 atom stereocenters. The Morgan fingerprint density at radius 1 is 1.22 bits per heavy atom. The second-order valence-electron chi connectivity index (χ2n) is 6.13. The van der Waals surface area contributed by atoms with Gasteiger partial charge >= 0.3 is 0 Å². The number of nitrogens with zero attached hydrogens (tertiary/aromatic N) is 2. The molecule has 1 amide bonds. The maximum Gasteiger partial charge on any atom is 0.231 e. The number of carbonyl (C=O) groups is 1. The van der Waals surface area contributed by atoms with Crippen LogP contribution in [-0.2, 0) is 27.9 Å². The van der Waals surface area contributed by atoms with Crippen LogP contribution in [-0.4, -0.2) is 43.2 Å². The highest BCUT2D eigenvalue weighted by Crippen LogP contribution is 2.32. The fourth-order valence-corrected chi connectivity index (χ4v) is 3.39. The smallest absolute Gasteiger partial charge is 0.231 e. The molecule has 0 unspecified atom stereocenters. The van der Waals surface area contributed by atoms with Crippen LogP contribution in [0.25, 0.3) is 0 Å². The van der Waals surface area contributed by atoms with Crippen LogP contribution >= 0.6 is 0 Å². The second-order valence-corrected chi connectivity index (χ2v) is 8.11. The first kappa shape index (κ1) is 19.1. The van der Waals surface area contributed by atoms with Gasteiger partial charge in [-0.05, 0) is 29.8 Å². The summed E-state index contributed by atoms with van der Waals surface area (Å²) in [6.07, 6.45) is 2.79. The first-order valence-electron chi connectivity index (χ1n) is 8.42. The quantitative estimate of drug-likeness (QED) is 0.728. The van der Waals surface area contributed by atoms with E-state index in [0.29, 0.717) is 23.7 Å². The lowest BCUT2D eigenvalue weighted by atomic mass is 10.2. The molecular weight excluding hydrogens is 370 g/mol. The predicted molar refractivity (Wildman–Crippen MR) is 98.5 cm³/mol. The largest absolute Gasteiger partial charge is 0.454 e. The van der Waals surface area contributed by atoms with E-state index in [-0.39, 0.29) is 32.2 Å². The number of amides is 1. The first-order valence-corrected chi connectivity index (χ1v) is 10.3. The maximum absolute atomic E-state index is 12.1. The van der Waals surface area contributed by atoms with Gasteiger partial charge in [0, 0.05) is 25.7 Å². The van der Waals surface area contributed by atoms with Crippen LogP contribution in [0.15, 0.2) is 42.6 Å². The molecule has 1 aromatic carbocycles. The molecule has 0 bridgehead atoms. The SMILES string of the molecule is CS(=O)(=O)N(CCC(=O)NCc1ccc2c(c1)OCO2)Cc1ccccn1. The van der Waals surface area contributed by atoms with Gasteiger partial charge in [0.05, 0.1) is 18.5 Å². The third-order valence-corrected chi connectivity index (χ3v) is 5.30. The van der Waals surface area contributed by atoms with E-state index in [2.05, 4.69) is 10.3 Å². The molecule has 1 aromatic heterocycles. The first-order chi connectivity index (χ1) is 12.9. The summed E-state index contributed by atoms with van der Waals surface area (Å²) >= 11 is 0. The minimum absolute atomic E-state index is 0.0600. The minimum Gasteiger partial charge on any atom is -0.454 e. The van der Waals surface area contributed by atoms with Crippen LogP contribution in [0.4, 0.5) is 0 Å². The van der Waals surface area contributed by atoms with Crippen LogP contribution in [0.3, 0.4) is 0 Å². The molecular formula is C18H21N3O5S. The van der Waals surface area contributed by atoms with E-state index in [9.17, 15) is 13.2 Å². The molecule has 0 saturated carbocycles.